The lowest BCUT2D eigenvalue weighted by Gasteiger charge is -2.35. The highest BCUT2D eigenvalue weighted by molar-refractivity contribution is 7.09. The normalized spacial score (nSPS) is 19.6. The van der Waals surface area contributed by atoms with E-state index in [-0.39, 0.29) is 12.4 Å². The van der Waals surface area contributed by atoms with E-state index in [1.165, 1.54) is 10.6 Å². The monoisotopic (exact) mass is 310 g/mol. The summed E-state index contributed by atoms with van der Waals surface area (Å²) in [7, 11) is 0. The summed E-state index contributed by atoms with van der Waals surface area (Å²) in [5.41, 5.74) is 2.45. The Balaban J connectivity index is 0.00000147. The largest absolute Gasteiger partial charge is 0.314 e. The van der Waals surface area contributed by atoms with Crippen LogP contribution in [0, 0.1) is 6.92 Å². The number of halogens is 1. The molecule has 4 nitrogen and oxygen atoms in total. The molecule has 0 saturated carbocycles. The number of rotatable bonds is 3. The molecule has 1 atom stereocenters. The number of nitrogens with zero attached hydrogens (tertiary/aromatic N) is 3. The minimum atomic E-state index is 0. The van der Waals surface area contributed by atoms with Gasteiger partial charge in [0.15, 0.2) is 0 Å². The first kappa shape index (κ1) is 15.4. The quantitative estimate of drug-likeness (QED) is 0.945. The van der Waals surface area contributed by atoms with Crippen molar-refractivity contribution in [2.24, 2.45) is 0 Å². The maximum Gasteiger partial charge on any atom is 0.107 e. The molecule has 1 N–H and O–H groups in total. The Labute approximate surface area is 129 Å². The van der Waals surface area contributed by atoms with Crippen LogP contribution in [0.4, 0.5) is 0 Å². The van der Waals surface area contributed by atoms with E-state index in [1.807, 2.05) is 12.4 Å². The maximum atomic E-state index is 4.58. The Hall–Kier alpha value is -1.01. The molecule has 0 radical (unpaired) electrons. The van der Waals surface area contributed by atoms with Crippen molar-refractivity contribution < 1.29 is 0 Å². The fraction of sp³-hybridized carbons (Fsp3) is 0.429. The second-order valence-electron chi connectivity index (χ2n) is 4.85. The van der Waals surface area contributed by atoms with E-state index in [4.69, 9.17) is 0 Å². The van der Waals surface area contributed by atoms with Gasteiger partial charge in [-0.15, -0.1) is 23.7 Å². The van der Waals surface area contributed by atoms with Crippen LogP contribution in [0.2, 0.25) is 0 Å². The second-order valence-corrected chi connectivity index (χ2v) is 5.80. The van der Waals surface area contributed by atoms with Crippen LogP contribution in [0.25, 0.3) is 0 Å². The van der Waals surface area contributed by atoms with Gasteiger partial charge in [0.05, 0.1) is 6.54 Å². The van der Waals surface area contributed by atoms with Crippen LogP contribution in [0.5, 0.6) is 0 Å². The molecule has 0 bridgehead atoms. The van der Waals surface area contributed by atoms with E-state index < -0.39 is 0 Å². The summed E-state index contributed by atoms with van der Waals surface area (Å²) in [5.74, 6) is 0. The Kier molecular flexibility index (Phi) is 5.48. The molecule has 6 heteroatoms. The van der Waals surface area contributed by atoms with Gasteiger partial charge in [0.1, 0.15) is 5.01 Å². The molecule has 2 aromatic rings. The first-order valence-corrected chi connectivity index (χ1v) is 7.46. The molecular formula is C14H19ClN4S. The lowest BCUT2D eigenvalue weighted by molar-refractivity contribution is 0.153. The Morgan fingerprint density at radius 3 is 2.90 bits per heavy atom. The molecule has 0 amide bonds. The van der Waals surface area contributed by atoms with Crippen LogP contribution < -0.4 is 5.32 Å². The van der Waals surface area contributed by atoms with Gasteiger partial charge in [0.25, 0.3) is 0 Å². The predicted octanol–water partition coefficient (Wildman–Crippen LogP) is 2.41. The first-order chi connectivity index (χ1) is 9.33. The average molecular weight is 311 g/mol. The highest BCUT2D eigenvalue weighted by atomic mass is 35.5. The minimum absolute atomic E-state index is 0. The van der Waals surface area contributed by atoms with Gasteiger partial charge in [-0.05, 0) is 24.6 Å². The third-order valence-corrected chi connectivity index (χ3v) is 4.40. The second kappa shape index (κ2) is 7.13. The number of thiazole rings is 1. The lowest BCUT2D eigenvalue weighted by Crippen LogP contribution is -2.45. The summed E-state index contributed by atoms with van der Waals surface area (Å²) >= 11 is 1.75. The van der Waals surface area contributed by atoms with Gasteiger partial charge in [0, 0.05) is 49.1 Å². The molecule has 3 heterocycles. The number of hydrogen-bond acceptors (Lipinski definition) is 5. The molecule has 0 aliphatic carbocycles. The number of aromatic nitrogens is 2. The molecule has 3 rings (SSSR count). The molecule has 108 valence electrons. The van der Waals surface area contributed by atoms with Crippen LogP contribution >= 0.6 is 23.7 Å². The molecule has 1 aliphatic rings. The van der Waals surface area contributed by atoms with E-state index in [0.29, 0.717) is 6.04 Å². The average Bonchev–Trinajstić information content (AvgIpc) is 2.86. The first-order valence-electron chi connectivity index (χ1n) is 6.58. The number of nitrogens with one attached hydrogen (secondary N) is 1. The third kappa shape index (κ3) is 3.55. The maximum absolute atomic E-state index is 4.58. The zero-order chi connectivity index (χ0) is 13.1. The summed E-state index contributed by atoms with van der Waals surface area (Å²) in [4.78, 5) is 11.2. The summed E-state index contributed by atoms with van der Waals surface area (Å²) in [6.45, 7) is 6.09. The zero-order valence-electron chi connectivity index (χ0n) is 11.5. The van der Waals surface area contributed by atoms with E-state index in [9.17, 15) is 0 Å². The molecule has 1 saturated heterocycles. The van der Waals surface area contributed by atoms with Crippen LogP contribution in [0.1, 0.15) is 22.3 Å². The van der Waals surface area contributed by atoms with Gasteiger partial charge in [-0.1, -0.05) is 0 Å². The summed E-state index contributed by atoms with van der Waals surface area (Å²) < 4.78 is 0. The molecule has 1 aliphatic heterocycles. The molecule has 1 fully saturated rings. The number of aryl methyl sites for hydroxylation is 1. The fourth-order valence-electron chi connectivity index (χ4n) is 2.50. The van der Waals surface area contributed by atoms with Crippen molar-refractivity contribution >= 4 is 23.7 Å². The number of pyridine rings is 1. The van der Waals surface area contributed by atoms with Crippen molar-refractivity contribution in [1.82, 2.24) is 20.2 Å². The number of hydrogen-bond donors (Lipinski definition) is 1. The van der Waals surface area contributed by atoms with Crippen molar-refractivity contribution in [3.8, 4) is 0 Å². The Bertz CT molecular complexity index is 531. The highest BCUT2D eigenvalue weighted by Gasteiger charge is 2.24. The van der Waals surface area contributed by atoms with E-state index >= 15 is 0 Å². The summed E-state index contributed by atoms with van der Waals surface area (Å²) in [6.07, 6.45) is 3.74. The van der Waals surface area contributed by atoms with Crippen molar-refractivity contribution in [3.63, 3.8) is 0 Å². The lowest BCUT2D eigenvalue weighted by atomic mass is 10.0. The molecule has 0 aromatic carbocycles. The topological polar surface area (TPSA) is 41.0 Å². The van der Waals surface area contributed by atoms with E-state index in [0.717, 1.165) is 31.9 Å². The molecule has 0 spiro atoms. The molecule has 2 aromatic heterocycles. The van der Waals surface area contributed by atoms with Crippen LogP contribution in [0.15, 0.2) is 29.9 Å². The fourth-order valence-corrected chi connectivity index (χ4v) is 3.30. The van der Waals surface area contributed by atoms with E-state index in [2.05, 4.69) is 44.6 Å². The SMILES string of the molecule is Cc1csc(CN2CCNCC2c2ccncc2)n1.Cl. The van der Waals surface area contributed by atoms with Crippen LogP contribution in [-0.4, -0.2) is 34.5 Å². The smallest absolute Gasteiger partial charge is 0.107 e. The van der Waals surface area contributed by atoms with Gasteiger partial charge in [-0.3, -0.25) is 9.88 Å². The van der Waals surface area contributed by atoms with Gasteiger partial charge in [-0.25, -0.2) is 4.98 Å². The number of piperazine rings is 1. The van der Waals surface area contributed by atoms with Crippen LogP contribution in [0.3, 0.4) is 0 Å². The van der Waals surface area contributed by atoms with Crippen LogP contribution in [-0.2, 0) is 6.54 Å². The Morgan fingerprint density at radius 1 is 1.40 bits per heavy atom. The van der Waals surface area contributed by atoms with Crippen molar-refractivity contribution in [2.75, 3.05) is 19.6 Å². The van der Waals surface area contributed by atoms with Crippen molar-refractivity contribution in [1.29, 1.82) is 0 Å². The van der Waals surface area contributed by atoms with Gasteiger partial charge in [0.2, 0.25) is 0 Å². The van der Waals surface area contributed by atoms with Gasteiger partial charge >= 0.3 is 0 Å². The standard InChI is InChI=1S/C14H18N4S.ClH/c1-11-10-19-14(17-11)9-18-7-6-16-8-13(18)12-2-4-15-5-3-12;/h2-5,10,13,16H,6-9H2,1H3;1H. The van der Waals surface area contributed by atoms with Gasteiger partial charge in [-0.2, -0.15) is 0 Å². The molecule has 1 unspecified atom stereocenters. The highest BCUT2D eigenvalue weighted by Crippen LogP contribution is 2.24. The predicted molar refractivity (Wildman–Crippen MR) is 84.4 cm³/mol. The summed E-state index contributed by atoms with van der Waals surface area (Å²) in [5, 5.41) is 6.81. The minimum Gasteiger partial charge on any atom is -0.314 e. The van der Waals surface area contributed by atoms with Gasteiger partial charge < -0.3 is 5.32 Å². The zero-order valence-corrected chi connectivity index (χ0v) is 13.1. The Morgan fingerprint density at radius 2 is 2.20 bits per heavy atom. The molecule has 20 heavy (non-hydrogen) atoms. The van der Waals surface area contributed by atoms with Crippen molar-refractivity contribution in [3.05, 3.63) is 46.2 Å². The van der Waals surface area contributed by atoms with Crippen molar-refractivity contribution in [2.45, 2.75) is 19.5 Å². The summed E-state index contributed by atoms with van der Waals surface area (Å²) in [6, 6.07) is 4.64. The third-order valence-electron chi connectivity index (χ3n) is 3.45. The van der Waals surface area contributed by atoms with E-state index in [1.54, 1.807) is 11.3 Å². The molecular weight excluding hydrogens is 292 g/mol.